The number of fused-ring (bicyclic) bond motifs is 1. The fourth-order valence-electron chi connectivity index (χ4n) is 3.97. The van der Waals surface area contributed by atoms with Crippen molar-refractivity contribution < 1.29 is 14.0 Å². The lowest BCUT2D eigenvalue weighted by Crippen LogP contribution is -2.49. The molecule has 4 aromatic rings. The van der Waals surface area contributed by atoms with Crippen molar-refractivity contribution in [3.05, 3.63) is 87.5 Å². The average molecular weight is 557 g/mol. The van der Waals surface area contributed by atoms with Gasteiger partial charge in [0, 0.05) is 17.1 Å². The number of halogens is 3. The van der Waals surface area contributed by atoms with Gasteiger partial charge in [-0.15, -0.1) is 0 Å². The van der Waals surface area contributed by atoms with E-state index in [2.05, 4.69) is 36.6 Å². The van der Waals surface area contributed by atoms with E-state index >= 15 is 4.39 Å². The number of hydrogen-bond acceptors (Lipinski definition) is 4. The first kappa shape index (κ1) is 23.4. The lowest BCUT2D eigenvalue weighted by molar-refractivity contribution is -0.124. The molecule has 178 valence electrons. The fraction of sp³-hybridized carbons (Fsp3) is 0.200. The summed E-state index contributed by atoms with van der Waals surface area (Å²) in [6.45, 7) is 1.70. The molecule has 0 bridgehead atoms. The topological polar surface area (TPSA) is 88.9 Å². The molecule has 1 atom stereocenters. The van der Waals surface area contributed by atoms with Gasteiger partial charge in [0.1, 0.15) is 16.0 Å². The molecule has 2 amide bonds. The van der Waals surface area contributed by atoms with Crippen molar-refractivity contribution in [1.29, 1.82) is 0 Å². The average Bonchev–Trinajstić information content (AvgIpc) is 3.55. The molecule has 2 aromatic carbocycles. The number of nitrogens with zero attached hydrogens (tertiary/aromatic N) is 3. The Kier molecular flexibility index (Phi) is 6.06. The van der Waals surface area contributed by atoms with E-state index in [1.54, 1.807) is 35.9 Å². The van der Waals surface area contributed by atoms with E-state index in [4.69, 9.17) is 11.6 Å². The third kappa shape index (κ3) is 4.53. The highest BCUT2D eigenvalue weighted by Gasteiger charge is 2.51. The van der Waals surface area contributed by atoms with Gasteiger partial charge in [0.05, 0.1) is 22.8 Å². The van der Waals surface area contributed by atoms with Crippen molar-refractivity contribution in [3.63, 3.8) is 0 Å². The van der Waals surface area contributed by atoms with Gasteiger partial charge in [-0.05, 0) is 72.1 Å². The summed E-state index contributed by atoms with van der Waals surface area (Å²) in [5, 5.41) is 11.1. The van der Waals surface area contributed by atoms with Crippen LogP contribution in [0.15, 0.2) is 65.4 Å². The third-order valence-electron chi connectivity index (χ3n) is 6.11. The summed E-state index contributed by atoms with van der Waals surface area (Å²) in [6.07, 6.45) is 2.45. The number of nitrogens with one attached hydrogen (secondary N) is 2. The van der Waals surface area contributed by atoms with Crippen LogP contribution in [0.25, 0.3) is 16.6 Å². The highest BCUT2D eigenvalue weighted by Crippen LogP contribution is 2.37. The molecule has 1 aliphatic carbocycles. The Bertz CT molecular complexity index is 1450. The molecule has 0 spiro atoms. The van der Waals surface area contributed by atoms with Crippen molar-refractivity contribution in [2.24, 2.45) is 0 Å². The zero-order valence-corrected chi connectivity index (χ0v) is 20.9. The first-order valence-electron chi connectivity index (χ1n) is 11.0. The van der Waals surface area contributed by atoms with Crippen LogP contribution in [0.1, 0.15) is 41.7 Å². The smallest absolute Gasteiger partial charge is 0.253 e. The molecular weight excluding hydrogens is 537 g/mol. The normalized spacial score (nSPS) is 15.0. The molecule has 5 rings (SSSR count). The first-order chi connectivity index (χ1) is 16.8. The predicted molar refractivity (Wildman–Crippen MR) is 134 cm³/mol. The molecule has 2 heterocycles. The number of pyridine rings is 1. The number of rotatable bonds is 6. The van der Waals surface area contributed by atoms with Crippen molar-refractivity contribution in [1.82, 2.24) is 25.4 Å². The summed E-state index contributed by atoms with van der Waals surface area (Å²) in [5.74, 6) is -1.22. The van der Waals surface area contributed by atoms with Crippen molar-refractivity contribution in [3.8, 4) is 5.69 Å². The monoisotopic (exact) mass is 555 g/mol. The Morgan fingerprint density at radius 3 is 2.63 bits per heavy atom. The minimum Gasteiger partial charge on any atom is -0.347 e. The van der Waals surface area contributed by atoms with Crippen LogP contribution in [0.2, 0.25) is 5.15 Å². The number of carbonyl (C=O) groups excluding carboxylic acids is 2. The summed E-state index contributed by atoms with van der Waals surface area (Å²) < 4.78 is 17.3. The molecular formula is C25H20BrClFN5O2. The molecule has 1 aliphatic rings. The van der Waals surface area contributed by atoms with Gasteiger partial charge >= 0.3 is 0 Å². The van der Waals surface area contributed by atoms with E-state index < -0.39 is 17.4 Å². The maximum Gasteiger partial charge on any atom is 0.253 e. The van der Waals surface area contributed by atoms with Crippen LogP contribution < -0.4 is 10.6 Å². The SMILES string of the molecule is C[C@@H](NC(=O)C1(NC(=O)c2ccc(Br)nc2)CC1)c1ccc(-n2nc(Cl)c3ccccc32)cc1F. The summed E-state index contributed by atoms with van der Waals surface area (Å²) in [6, 6.07) is 14.8. The van der Waals surface area contributed by atoms with Crippen LogP contribution in [0.4, 0.5) is 4.39 Å². The van der Waals surface area contributed by atoms with Crippen LogP contribution in [-0.4, -0.2) is 32.1 Å². The number of benzene rings is 2. The highest BCUT2D eigenvalue weighted by molar-refractivity contribution is 9.10. The summed E-state index contributed by atoms with van der Waals surface area (Å²) in [4.78, 5) is 29.6. The number of para-hydroxylation sites is 1. The van der Waals surface area contributed by atoms with Crippen molar-refractivity contribution in [2.45, 2.75) is 31.3 Å². The minimum absolute atomic E-state index is 0.323. The number of aromatic nitrogens is 3. The summed E-state index contributed by atoms with van der Waals surface area (Å²) in [5.41, 5.74) is 0.955. The van der Waals surface area contributed by atoms with E-state index in [-0.39, 0.29) is 11.8 Å². The molecule has 0 unspecified atom stereocenters. The molecule has 0 saturated heterocycles. The second-order valence-corrected chi connectivity index (χ2v) is 9.70. The second kappa shape index (κ2) is 9.05. The Morgan fingerprint density at radius 2 is 1.94 bits per heavy atom. The number of carbonyl (C=O) groups is 2. The van der Waals surface area contributed by atoms with Crippen LogP contribution >= 0.6 is 27.5 Å². The predicted octanol–water partition coefficient (Wildman–Crippen LogP) is 5.12. The largest absolute Gasteiger partial charge is 0.347 e. The van der Waals surface area contributed by atoms with E-state index in [0.29, 0.717) is 39.4 Å². The molecule has 7 nitrogen and oxygen atoms in total. The molecule has 0 radical (unpaired) electrons. The standard InChI is InChI=1S/C25H20BrClFN5O2/c1-14(30-24(35)25(10-11-25)31-23(34)15-6-9-21(26)29-13-15)17-8-7-16(12-19(17)28)33-20-5-3-2-4-18(20)22(27)32-33/h2-9,12-14H,10-11H2,1H3,(H,30,35)(H,31,34)/t14-/m1/s1. The van der Waals surface area contributed by atoms with Gasteiger partial charge in [-0.3, -0.25) is 9.59 Å². The molecule has 0 aliphatic heterocycles. The van der Waals surface area contributed by atoms with Crippen LogP contribution in [0, 0.1) is 5.82 Å². The van der Waals surface area contributed by atoms with Gasteiger partial charge in [-0.2, -0.15) is 5.10 Å². The zero-order chi connectivity index (χ0) is 24.7. The Balaban J connectivity index is 1.30. The third-order valence-corrected chi connectivity index (χ3v) is 6.86. The zero-order valence-electron chi connectivity index (χ0n) is 18.6. The van der Waals surface area contributed by atoms with Gasteiger partial charge in [0.2, 0.25) is 5.91 Å². The van der Waals surface area contributed by atoms with Gasteiger partial charge in [-0.25, -0.2) is 14.1 Å². The number of amides is 2. The van der Waals surface area contributed by atoms with E-state index in [1.807, 2.05) is 24.3 Å². The van der Waals surface area contributed by atoms with E-state index in [1.165, 1.54) is 12.3 Å². The van der Waals surface area contributed by atoms with Crippen molar-refractivity contribution in [2.75, 3.05) is 0 Å². The van der Waals surface area contributed by atoms with E-state index in [0.717, 1.165) is 10.9 Å². The Labute approximate surface area is 213 Å². The molecule has 10 heteroatoms. The lowest BCUT2D eigenvalue weighted by atomic mass is 10.1. The highest BCUT2D eigenvalue weighted by atomic mass is 79.9. The van der Waals surface area contributed by atoms with Crippen molar-refractivity contribution >= 4 is 50.2 Å². The summed E-state index contributed by atoms with van der Waals surface area (Å²) >= 11 is 9.46. The number of hydrogen-bond donors (Lipinski definition) is 2. The van der Waals surface area contributed by atoms with E-state index in [9.17, 15) is 9.59 Å². The minimum atomic E-state index is -1.00. The molecule has 1 saturated carbocycles. The first-order valence-corrected chi connectivity index (χ1v) is 12.1. The van der Waals surface area contributed by atoms with Gasteiger partial charge < -0.3 is 10.6 Å². The second-order valence-electron chi connectivity index (χ2n) is 8.53. The molecule has 1 fully saturated rings. The fourth-order valence-corrected chi connectivity index (χ4v) is 4.44. The molecule has 35 heavy (non-hydrogen) atoms. The van der Waals surface area contributed by atoms with Gasteiger partial charge in [0.25, 0.3) is 5.91 Å². The summed E-state index contributed by atoms with van der Waals surface area (Å²) in [7, 11) is 0. The molecule has 2 aromatic heterocycles. The molecule has 2 N–H and O–H groups in total. The van der Waals surface area contributed by atoms with Gasteiger partial charge in [0.15, 0.2) is 5.15 Å². The van der Waals surface area contributed by atoms with Crippen LogP contribution in [0.3, 0.4) is 0 Å². The quantitative estimate of drug-likeness (QED) is 0.323. The Morgan fingerprint density at radius 1 is 1.17 bits per heavy atom. The van der Waals surface area contributed by atoms with Crippen LogP contribution in [0.5, 0.6) is 0 Å². The van der Waals surface area contributed by atoms with Gasteiger partial charge in [-0.1, -0.05) is 29.8 Å². The lowest BCUT2D eigenvalue weighted by Gasteiger charge is -2.21. The van der Waals surface area contributed by atoms with Crippen LogP contribution in [-0.2, 0) is 4.79 Å². The Hall–Kier alpha value is -3.30. The maximum absolute atomic E-state index is 15.1. The maximum atomic E-state index is 15.1.